The van der Waals surface area contributed by atoms with Crippen molar-refractivity contribution in [2.24, 2.45) is 5.92 Å². The smallest absolute Gasteiger partial charge is 0.462 e. The quantitative estimate of drug-likeness (QED) is 0.712. The molecule has 1 saturated carbocycles. The van der Waals surface area contributed by atoms with Crippen LogP contribution < -0.4 is 0 Å². The predicted octanol–water partition coefficient (Wildman–Crippen LogP) is 4.19. The molecule has 1 aliphatic rings. The van der Waals surface area contributed by atoms with Gasteiger partial charge in [0.25, 0.3) is 0 Å². The average molecular weight is 325 g/mol. The van der Waals surface area contributed by atoms with Gasteiger partial charge in [0.1, 0.15) is 6.10 Å². The Morgan fingerprint density at radius 3 is 1.95 bits per heavy atom. The summed E-state index contributed by atoms with van der Waals surface area (Å²) < 4.78 is 36.9. The van der Waals surface area contributed by atoms with Gasteiger partial charge < -0.3 is 4.74 Å². The van der Waals surface area contributed by atoms with Gasteiger partial charge in [-0.15, -0.1) is 0 Å². The number of alkyl halides is 3. The maximum Gasteiger partial charge on any atom is 0.495 e. The molecule has 0 aromatic heterocycles. The molecule has 0 aromatic rings. The van der Waals surface area contributed by atoms with E-state index in [-0.39, 0.29) is 12.1 Å². The van der Waals surface area contributed by atoms with Gasteiger partial charge in [-0.1, -0.05) is 33.1 Å². The molecule has 1 radical (unpaired) electrons. The maximum absolute atomic E-state index is 11.1. The Labute approximate surface area is 129 Å². The van der Waals surface area contributed by atoms with E-state index in [0.717, 1.165) is 18.8 Å². The summed E-state index contributed by atoms with van der Waals surface area (Å²) >= 11 is 0. The van der Waals surface area contributed by atoms with Gasteiger partial charge in [-0.3, -0.25) is 4.79 Å². The zero-order chi connectivity index (χ0) is 17.2. The van der Waals surface area contributed by atoms with Gasteiger partial charge in [0.15, 0.2) is 0 Å². The molecule has 0 aliphatic heterocycles. The molecule has 1 rings (SSSR count). The predicted molar refractivity (Wildman–Crippen MR) is 73.4 cm³/mol. The first-order chi connectivity index (χ1) is 10.2. The molecular weight excluding hydrogens is 301 g/mol. The van der Waals surface area contributed by atoms with Gasteiger partial charge in [0, 0.05) is 6.42 Å². The number of ether oxygens (including phenoxy) is 1. The molecule has 0 N–H and O–H groups in total. The van der Waals surface area contributed by atoms with Crippen LogP contribution in [-0.4, -0.2) is 24.2 Å². The molecule has 0 amide bonds. The summed E-state index contributed by atoms with van der Waals surface area (Å²) in [6, 6.07) is 0. The van der Waals surface area contributed by atoms with Crippen molar-refractivity contribution in [2.45, 2.75) is 77.5 Å². The zero-order valence-electron chi connectivity index (χ0n) is 13.1. The first-order valence-corrected chi connectivity index (χ1v) is 7.68. The van der Waals surface area contributed by atoms with E-state index in [0.29, 0.717) is 6.42 Å². The van der Waals surface area contributed by atoms with Gasteiger partial charge in [-0.05, 0) is 31.6 Å². The fourth-order valence-corrected chi connectivity index (χ4v) is 2.30. The minimum absolute atomic E-state index is 0.0352. The normalized spacial score (nSPS) is 21.5. The summed E-state index contributed by atoms with van der Waals surface area (Å²) in [7, 11) is 0. The number of rotatable bonds is 5. The molecule has 0 spiro atoms. The molecule has 0 bridgehead atoms. The fourth-order valence-electron chi connectivity index (χ4n) is 2.30. The summed E-state index contributed by atoms with van der Waals surface area (Å²) in [6.45, 7) is 4.10. The number of esters is 1. The van der Waals surface area contributed by atoms with E-state index < -0.39 is 12.1 Å². The second-order valence-electron chi connectivity index (χ2n) is 5.41. The minimum atomic E-state index is -5.19. The van der Waals surface area contributed by atoms with Crippen LogP contribution in [0.25, 0.3) is 0 Å². The topological polar surface area (TPSA) is 63.3 Å². The summed E-state index contributed by atoms with van der Waals surface area (Å²) in [4.78, 5) is 19.9. The van der Waals surface area contributed by atoms with Crippen molar-refractivity contribution in [3.8, 4) is 0 Å². The van der Waals surface area contributed by atoms with Crippen LogP contribution in [0.4, 0.5) is 13.2 Å². The van der Waals surface area contributed by atoms with Crippen molar-refractivity contribution in [3.05, 3.63) is 0 Å². The summed E-state index contributed by atoms with van der Waals surface area (Å²) in [5.74, 6) is -2.15. The average Bonchev–Trinajstić information content (AvgIpc) is 2.46. The SMILES string of the molecule is CCCCC1CCC(OC(=O)CC)CC1.[O]C(=O)C(F)(F)F. The van der Waals surface area contributed by atoms with E-state index in [1.807, 2.05) is 6.92 Å². The Morgan fingerprint density at radius 2 is 1.59 bits per heavy atom. The van der Waals surface area contributed by atoms with Gasteiger partial charge in [0.05, 0.1) is 0 Å². The molecule has 22 heavy (non-hydrogen) atoms. The Morgan fingerprint density at radius 1 is 1.09 bits per heavy atom. The number of hydrogen-bond acceptors (Lipinski definition) is 3. The number of hydrogen-bond donors (Lipinski definition) is 0. The van der Waals surface area contributed by atoms with Crippen LogP contribution in [0.15, 0.2) is 0 Å². The molecule has 1 fully saturated rings. The maximum atomic E-state index is 11.1. The Balaban J connectivity index is 0.000000534. The summed E-state index contributed by atoms with van der Waals surface area (Å²) in [6.07, 6.45) is 4.22. The van der Waals surface area contributed by atoms with E-state index in [2.05, 4.69) is 6.92 Å². The fraction of sp³-hybridized carbons (Fsp3) is 0.867. The third-order valence-electron chi connectivity index (χ3n) is 3.58. The molecule has 0 heterocycles. The summed E-state index contributed by atoms with van der Waals surface area (Å²) in [5, 5.41) is 8.78. The number of carbonyl (C=O) groups excluding carboxylic acids is 2. The molecule has 0 unspecified atom stereocenters. The van der Waals surface area contributed by atoms with E-state index in [9.17, 15) is 18.0 Å². The van der Waals surface area contributed by atoms with Crippen LogP contribution in [0, 0.1) is 5.92 Å². The van der Waals surface area contributed by atoms with Gasteiger partial charge in [0.2, 0.25) is 0 Å². The van der Waals surface area contributed by atoms with Crippen LogP contribution >= 0.6 is 0 Å². The first-order valence-electron chi connectivity index (χ1n) is 7.68. The molecule has 0 atom stereocenters. The monoisotopic (exact) mass is 325 g/mol. The molecule has 4 nitrogen and oxygen atoms in total. The van der Waals surface area contributed by atoms with Crippen molar-refractivity contribution in [1.82, 2.24) is 0 Å². The Hall–Kier alpha value is -1.27. The first kappa shape index (κ1) is 20.7. The highest BCUT2D eigenvalue weighted by molar-refractivity contribution is 5.72. The molecule has 0 aromatic carbocycles. The summed E-state index contributed by atoms with van der Waals surface area (Å²) in [5.41, 5.74) is 0. The second-order valence-corrected chi connectivity index (χ2v) is 5.41. The van der Waals surface area contributed by atoms with Crippen LogP contribution in [0.1, 0.15) is 65.2 Å². The lowest BCUT2D eigenvalue weighted by Crippen LogP contribution is -2.24. The highest BCUT2D eigenvalue weighted by Gasteiger charge is 2.40. The molecule has 0 saturated heterocycles. The van der Waals surface area contributed by atoms with Crippen molar-refractivity contribution in [1.29, 1.82) is 0 Å². The molecule has 7 heteroatoms. The molecule has 1 aliphatic carbocycles. The van der Waals surface area contributed by atoms with Gasteiger partial charge in [-0.25, -0.2) is 9.90 Å². The van der Waals surface area contributed by atoms with Crippen molar-refractivity contribution in [2.75, 3.05) is 0 Å². The third-order valence-corrected chi connectivity index (χ3v) is 3.58. The third kappa shape index (κ3) is 9.63. The largest absolute Gasteiger partial charge is 0.495 e. The van der Waals surface area contributed by atoms with Crippen molar-refractivity contribution >= 4 is 11.9 Å². The Bertz CT molecular complexity index is 334. The standard InChI is InChI=1S/C13H24O2.C2F3O2/c1-3-5-6-11-7-9-12(10-8-11)15-13(14)4-2;3-2(4,5)1(6)7/h11-12H,3-10H2,1-2H3;. The van der Waals surface area contributed by atoms with Crippen molar-refractivity contribution < 1.29 is 32.6 Å². The van der Waals surface area contributed by atoms with Crippen LogP contribution in [0.2, 0.25) is 0 Å². The zero-order valence-corrected chi connectivity index (χ0v) is 13.1. The second kappa shape index (κ2) is 10.5. The van der Waals surface area contributed by atoms with Crippen LogP contribution in [0.3, 0.4) is 0 Å². The van der Waals surface area contributed by atoms with Crippen LogP contribution in [0.5, 0.6) is 0 Å². The molecular formula is C15H24F3O4. The lowest BCUT2D eigenvalue weighted by atomic mass is 9.84. The van der Waals surface area contributed by atoms with E-state index in [4.69, 9.17) is 14.6 Å². The minimum Gasteiger partial charge on any atom is -0.462 e. The number of halogens is 3. The van der Waals surface area contributed by atoms with E-state index in [1.165, 1.54) is 32.1 Å². The number of unbranched alkanes of at least 4 members (excludes halogenated alkanes) is 1. The number of carbonyl (C=O) groups is 2. The lowest BCUT2D eigenvalue weighted by molar-refractivity contribution is -0.199. The highest BCUT2D eigenvalue weighted by atomic mass is 19.4. The lowest BCUT2D eigenvalue weighted by Gasteiger charge is -2.28. The van der Waals surface area contributed by atoms with E-state index >= 15 is 0 Å². The Kier molecular flexibility index (Phi) is 9.85. The van der Waals surface area contributed by atoms with Gasteiger partial charge >= 0.3 is 18.1 Å². The van der Waals surface area contributed by atoms with Crippen LogP contribution in [-0.2, 0) is 19.4 Å². The van der Waals surface area contributed by atoms with Gasteiger partial charge in [-0.2, -0.15) is 13.2 Å². The van der Waals surface area contributed by atoms with Crippen molar-refractivity contribution in [3.63, 3.8) is 0 Å². The molecule has 129 valence electrons. The highest BCUT2D eigenvalue weighted by Crippen LogP contribution is 2.29. The van der Waals surface area contributed by atoms with E-state index in [1.54, 1.807) is 0 Å².